The van der Waals surface area contributed by atoms with E-state index in [1.54, 1.807) is 0 Å². The lowest BCUT2D eigenvalue weighted by Gasteiger charge is -2.06. The molecule has 5 nitrogen and oxygen atoms in total. The molecule has 0 saturated heterocycles. The monoisotopic (exact) mass is 284 g/mol. The Bertz CT molecular complexity index is 647. The fourth-order valence-corrected chi connectivity index (χ4v) is 2.95. The molecule has 21 heavy (non-hydrogen) atoms. The third-order valence-electron chi connectivity index (χ3n) is 4.44. The van der Waals surface area contributed by atoms with Crippen LogP contribution in [-0.4, -0.2) is 16.7 Å². The molecule has 1 unspecified atom stereocenters. The van der Waals surface area contributed by atoms with Crippen molar-refractivity contribution in [2.75, 3.05) is 6.54 Å². The quantitative estimate of drug-likeness (QED) is 0.903. The van der Waals surface area contributed by atoms with Gasteiger partial charge in [0, 0.05) is 12.1 Å². The van der Waals surface area contributed by atoms with E-state index < -0.39 is 0 Å². The maximum atomic E-state index is 6.13. The Hall–Kier alpha value is -1.72. The Morgan fingerprint density at radius 2 is 2.19 bits per heavy atom. The molecule has 1 aromatic heterocycles. The highest BCUT2D eigenvalue weighted by Crippen LogP contribution is 2.38. The zero-order chi connectivity index (χ0) is 14.2. The van der Waals surface area contributed by atoms with Crippen molar-refractivity contribution in [3.63, 3.8) is 0 Å². The molecule has 0 radical (unpaired) electrons. The van der Waals surface area contributed by atoms with Gasteiger partial charge < -0.3 is 15.6 Å². The minimum atomic E-state index is -0.0787. The molecule has 1 aliphatic heterocycles. The van der Waals surface area contributed by atoms with Gasteiger partial charge in [-0.2, -0.15) is 4.98 Å². The van der Waals surface area contributed by atoms with Crippen LogP contribution >= 0.6 is 0 Å². The average Bonchev–Trinajstić information content (AvgIpc) is 3.28. The predicted molar refractivity (Wildman–Crippen MR) is 79.4 cm³/mol. The van der Waals surface area contributed by atoms with Crippen LogP contribution in [-0.2, 0) is 13.0 Å². The molecular formula is C16H20N4O. The van der Waals surface area contributed by atoms with Crippen LogP contribution in [0.15, 0.2) is 22.7 Å². The van der Waals surface area contributed by atoms with Gasteiger partial charge in [0.1, 0.15) is 0 Å². The van der Waals surface area contributed by atoms with Crippen molar-refractivity contribution in [1.29, 1.82) is 0 Å². The van der Waals surface area contributed by atoms with Gasteiger partial charge in [0.05, 0.1) is 6.04 Å². The standard InChI is InChI=1S/C16H20N4O/c17-14(11-4-5-11)15-19-16(21-20-15)12-6-3-10-2-1-7-18-9-13(10)8-12/h3,6,8,11,14,18H,1-2,4-5,7,9,17H2. The molecule has 2 aliphatic rings. The number of aromatic nitrogens is 2. The first-order chi connectivity index (χ1) is 10.3. The van der Waals surface area contributed by atoms with Crippen molar-refractivity contribution in [1.82, 2.24) is 15.5 Å². The highest BCUT2D eigenvalue weighted by Gasteiger charge is 2.32. The molecule has 0 amide bonds. The number of nitrogens with one attached hydrogen (secondary N) is 1. The van der Waals surface area contributed by atoms with Crippen LogP contribution in [0.5, 0.6) is 0 Å². The molecule has 1 atom stereocenters. The van der Waals surface area contributed by atoms with Gasteiger partial charge in [0.15, 0.2) is 5.82 Å². The molecule has 1 aliphatic carbocycles. The summed E-state index contributed by atoms with van der Waals surface area (Å²) < 4.78 is 5.41. The normalized spacial score (nSPS) is 19.9. The lowest BCUT2D eigenvalue weighted by molar-refractivity contribution is 0.411. The molecule has 0 spiro atoms. The largest absolute Gasteiger partial charge is 0.334 e. The van der Waals surface area contributed by atoms with Crippen molar-refractivity contribution in [2.24, 2.45) is 11.7 Å². The van der Waals surface area contributed by atoms with Crippen LogP contribution in [0.2, 0.25) is 0 Å². The van der Waals surface area contributed by atoms with Crippen molar-refractivity contribution >= 4 is 0 Å². The van der Waals surface area contributed by atoms with E-state index in [-0.39, 0.29) is 6.04 Å². The summed E-state index contributed by atoms with van der Waals surface area (Å²) in [5.41, 5.74) is 9.86. The summed E-state index contributed by atoms with van der Waals surface area (Å²) in [6, 6.07) is 6.34. The molecule has 4 rings (SSSR count). The Balaban J connectivity index is 1.62. The van der Waals surface area contributed by atoms with Gasteiger partial charge in [0.25, 0.3) is 5.89 Å². The second-order valence-electron chi connectivity index (χ2n) is 6.08. The lowest BCUT2D eigenvalue weighted by Crippen LogP contribution is -2.13. The second-order valence-corrected chi connectivity index (χ2v) is 6.08. The van der Waals surface area contributed by atoms with Crippen LogP contribution in [0.25, 0.3) is 11.5 Å². The molecule has 3 N–H and O–H groups in total. The van der Waals surface area contributed by atoms with E-state index in [0.717, 1.165) is 25.1 Å². The minimum absolute atomic E-state index is 0.0787. The summed E-state index contributed by atoms with van der Waals surface area (Å²) in [6.07, 6.45) is 4.67. The SMILES string of the molecule is NC(c1noc(-c2ccc3c(c2)CNCCC3)n1)C1CC1. The topological polar surface area (TPSA) is 77.0 Å². The van der Waals surface area contributed by atoms with Crippen LogP contribution in [0.3, 0.4) is 0 Å². The fourth-order valence-electron chi connectivity index (χ4n) is 2.95. The van der Waals surface area contributed by atoms with Crippen molar-refractivity contribution < 1.29 is 4.52 Å². The maximum absolute atomic E-state index is 6.13. The van der Waals surface area contributed by atoms with Gasteiger partial charge in [-0.25, -0.2) is 0 Å². The number of hydrogen-bond acceptors (Lipinski definition) is 5. The van der Waals surface area contributed by atoms with E-state index in [1.165, 1.54) is 30.4 Å². The summed E-state index contributed by atoms with van der Waals surface area (Å²) in [6.45, 7) is 1.98. The molecule has 2 aromatic rings. The molecular weight excluding hydrogens is 264 g/mol. The number of nitrogens with two attached hydrogens (primary N) is 1. The zero-order valence-corrected chi connectivity index (χ0v) is 12.0. The molecule has 1 fully saturated rings. The Kier molecular flexibility index (Phi) is 3.24. The van der Waals surface area contributed by atoms with Gasteiger partial charge in [-0.3, -0.25) is 0 Å². The first-order valence-corrected chi connectivity index (χ1v) is 7.73. The summed E-state index contributed by atoms with van der Waals surface area (Å²) in [5, 5.41) is 7.50. The number of hydrogen-bond donors (Lipinski definition) is 2. The summed E-state index contributed by atoms with van der Waals surface area (Å²) >= 11 is 0. The van der Waals surface area contributed by atoms with Crippen LogP contribution in [0, 0.1) is 5.92 Å². The maximum Gasteiger partial charge on any atom is 0.257 e. The third-order valence-corrected chi connectivity index (χ3v) is 4.44. The number of nitrogens with zero attached hydrogens (tertiary/aromatic N) is 2. The Morgan fingerprint density at radius 1 is 1.29 bits per heavy atom. The minimum Gasteiger partial charge on any atom is -0.334 e. The van der Waals surface area contributed by atoms with E-state index in [4.69, 9.17) is 10.3 Å². The average molecular weight is 284 g/mol. The first-order valence-electron chi connectivity index (χ1n) is 7.73. The lowest BCUT2D eigenvalue weighted by atomic mass is 10.0. The fraction of sp³-hybridized carbons (Fsp3) is 0.500. The molecule has 5 heteroatoms. The van der Waals surface area contributed by atoms with Gasteiger partial charge in [-0.05, 0) is 61.4 Å². The zero-order valence-electron chi connectivity index (χ0n) is 12.0. The van der Waals surface area contributed by atoms with Crippen LogP contribution < -0.4 is 11.1 Å². The summed E-state index contributed by atoms with van der Waals surface area (Å²) in [5.74, 6) is 1.75. The Labute approximate surface area is 123 Å². The molecule has 1 saturated carbocycles. The van der Waals surface area contributed by atoms with E-state index in [2.05, 4.69) is 33.7 Å². The second kappa shape index (κ2) is 5.24. The van der Waals surface area contributed by atoms with Crippen molar-refractivity contribution in [3.8, 4) is 11.5 Å². The number of aryl methyl sites for hydroxylation is 1. The van der Waals surface area contributed by atoms with Gasteiger partial charge in [0.2, 0.25) is 0 Å². The first kappa shape index (κ1) is 13.0. The van der Waals surface area contributed by atoms with Crippen LogP contribution in [0.1, 0.15) is 42.3 Å². The highest BCUT2D eigenvalue weighted by atomic mass is 16.5. The predicted octanol–water partition coefficient (Wildman–Crippen LogP) is 2.18. The van der Waals surface area contributed by atoms with E-state index in [1.807, 2.05) is 0 Å². The summed E-state index contributed by atoms with van der Waals surface area (Å²) in [4.78, 5) is 4.49. The molecule has 2 heterocycles. The number of rotatable bonds is 3. The molecule has 110 valence electrons. The number of benzene rings is 1. The van der Waals surface area contributed by atoms with E-state index in [9.17, 15) is 0 Å². The van der Waals surface area contributed by atoms with E-state index in [0.29, 0.717) is 17.6 Å². The van der Waals surface area contributed by atoms with Gasteiger partial charge >= 0.3 is 0 Å². The summed E-state index contributed by atoms with van der Waals surface area (Å²) in [7, 11) is 0. The number of fused-ring (bicyclic) bond motifs is 1. The van der Waals surface area contributed by atoms with Crippen LogP contribution in [0.4, 0.5) is 0 Å². The third kappa shape index (κ3) is 2.59. The highest BCUT2D eigenvalue weighted by molar-refractivity contribution is 5.56. The van der Waals surface area contributed by atoms with Gasteiger partial charge in [-0.15, -0.1) is 0 Å². The smallest absolute Gasteiger partial charge is 0.257 e. The Morgan fingerprint density at radius 3 is 3.05 bits per heavy atom. The van der Waals surface area contributed by atoms with Gasteiger partial charge in [-0.1, -0.05) is 11.2 Å². The van der Waals surface area contributed by atoms with Crippen molar-refractivity contribution in [3.05, 3.63) is 35.2 Å². The molecule has 0 bridgehead atoms. The molecule has 1 aromatic carbocycles. The van der Waals surface area contributed by atoms with E-state index >= 15 is 0 Å². The van der Waals surface area contributed by atoms with Crippen molar-refractivity contribution in [2.45, 2.75) is 38.3 Å².